The predicted octanol–water partition coefficient (Wildman–Crippen LogP) is 7.16. The van der Waals surface area contributed by atoms with E-state index in [4.69, 9.17) is 4.74 Å². The van der Waals surface area contributed by atoms with Gasteiger partial charge >= 0.3 is 0 Å². The smallest absolute Gasteiger partial charge is 0.0644 e. The van der Waals surface area contributed by atoms with Crippen molar-refractivity contribution in [3.63, 3.8) is 0 Å². The summed E-state index contributed by atoms with van der Waals surface area (Å²) in [6.45, 7) is 7.68. The molecule has 0 aromatic carbocycles. The van der Waals surface area contributed by atoms with Crippen LogP contribution in [0, 0.1) is 23.7 Å². The maximum absolute atomic E-state index is 5.57. The number of hydrogen-bond donors (Lipinski definition) is 0. The molecule has 2 aliphatic rings. The van der Waals surface area contributed by atoms with Crippen molar-refractivity contribution in [2.24, 2.45) is 23.7 Å². The van der Waals surface area contributed by atoms with E-state index in [9.17, 15) is 0 Å². The Balaban J connectivity index is 1.54. The Morgan fingerprint density at radius 3 is 1.92 bits per heavy atom. The van der Waals surface area contributed by atoms with Gasteiger partial charge in [0.1, 0.15) is 0 Å². The average molecular weight is 335 g/mol. The van der Waals surface area contributed by atoms with Gasteiger partial charge in [0.2, 0.25) is 0 Å². The third-order valence-corrected chi connectivity index (χ3v) is 6.82. The Morgan fingerprint density at radius 2 is 1.38 bits per heavy atom. The summed E-state index contributed by atoms with van der Waals surface area (Å²) < 4.78 is 5.57. The van der Waals surface area contributed by atoms with E-state index >= 15 is 0 Å². The summed E-state index contributed by atoms with van der Waals surface area (Å²) in [6, 6.07) is 0. The summed E-state index contributed by atoms with van der Waals surface area (Å²) in [4.78, 5) is 0. The summed E-state index contributed by atoms with van der Waals surface area (Å²) in [5.41, 5.74) is 0. The fraction of sp³-hybridized carbons (Fsp3) is 0.913. The quantitative estimate of drug-likeness (QED) is 0.287. The number of unbranched alkanes of at least 4 members (excludes halogenated alkanes) is 3. The van der Waals surface area contributed by atoms with Gasteiger partial charge in [-0.2, -0.15) is 0 Å². The molecule has 2 rings (SSSR count). The highest BCUT2D eigenvalue weighted by atomic mass is 16.5. The second kappa shape index (κ2) is 12.1. The summed E-state index contributed by atoms with van der Waals surface area (Å²) in [5, 5.41) is 0. The van der Waals surface area contributed by atoms with E-state index in [0.717, 1.165) is 36.9 Å². The third-order valence-electron chi connectivity index (χ3n) is 6.82. The van der Waals surface area contributed by atoms with E-state index in [1.807, 2.05) is 6.08 Å². The van der Waals surface area contributed by atoms with Crippen LogP contribution in [0.2, 0.25) is 0 Å². The lowest BCUT2D eigenvalue weighted by atomic mass is 9.68. The molecule has 0 bridgehead atoms. The molecule has 0 aliphatic heterocycles. The standard InChI is InChI=1S/C23H42O/c1-3-5-6-7-8-20-9-13-22(14-10-20)23-15-11-21(12-16-23)17-19-24-18-4-2/h4,20-23H,2-3,5-19H2,1H3. The first-order valence-electron chi connectivity index (χ1n) is 11.0. The Hall–Kier alpha value is -0.300. The first-order valence-corrected chi connectivity index (χ1v) is 11.0. The van der Waals surface area contributed by atoms with Gasteiger partial charge in [0.05, 0.1) is 6.61 Å². The molecule has 0 atom stereocenters. The van der Waals surface area contributed by atoms with E-state index in [2.05, 4.69) is 13.5 Å². The molecule has 0 N–H and O–H groups in total. The van der Waals surface area contributed by atoms with Crippen molar-refractivity contribution in [3.05, 3.63) is 12.7 Å². The van der Waals surface area contributed by atoms with Gasteiger partial charge in [-0.15, -0.1) is 6.58 Å². The van der Waals surface area contributed by atoms with E-state index in [0.29, 0.717) is 0 Å². The lowest BCUT2D eigenvalue weighted by Gasteiger charge is -2.38. The molecule has 0 radical (unpaired) electrons. The molecule has 0 heterocycles. The van der Waals surface area contributed by atoms with Gasteiger partial charge in [0, 0.05) is 6.61 Å². The third kappa shape index (κ3) is 7.30. The Bertz CT molecular complexity index is 308. The van der Waals surface area contributed by atoms with Crippen LogP contribution < -0.4 is 0 Å². The molecular formula is C23H42O. The van der Waals surface area contributed by atoms with Crippen LogP contribution in [-0.4, -0.2) is 13.2 Å². The Kier molecular flexibility index (Phi) is 10.1. The zero-order valence-electron chi connectivity index (χ0n) is 16.3. The maximum Gasteiger partial charge on any atom is 0.0644 e. The highest BCUT2D eigenvalue weighted by Gasteiger charge is 2.30. The zero-order chi connectivity index (χ0) is 17.0. The largest absolute Gasteiger partial charge is 0.377 e. The molecule has 140 valence electrons. The van der Waals surface area contributed by atoms with Crippen LogP contribution in [0.4, 0.5) is 0 Å². The SMILES string of the molecule is C=CCOCCC1CCC(C2CCC(CCCCCC)CC2)CC1. The normalized spacial score (nSPS) is 31.0. The summed E-state index contributed by atoms with van der Waals surface area (Å²) in [6.07, 6.45) is 22.5. The molecule has 24 heavy (non-hydrogen) atoms. The van der Waals surface area contributed by atoms with Crippen LogP contribution in [0.5, 0.6) is 0 Å². The summed E-state index contributed by atoms with van der Waals surface area (Å²) in [5.74, 6) is 4.11. The fourth-order valence-electron chi connectivity index (χ4n) is 5.17. The molecule has 0 amide bonds. The van der Waals surface area contributed by atoms with Crippen LogP contribution in [-0.2, 0) is 4.74 Å². The van der Waals surface area contributed by atoms with Crippen molar-refractivity contribution >= 4 is 0 Å². The second-order valence-corrected chi connectivity index (χ2v) is 8.56. The van der Waals surface area contributed by atoms with Crippen molar-refractivity contribution in [3.8, 4) is 0 Å². The molecule has 0 unspecified atom stereocenters. The zero-order valence-corrected chi connectivity index (χ0v) is 16.3. The van der Waals surface area contributed by atoms with E-state index in [1.54, 1.807) is 0 Å². The maximum atomic E-state index is 5.57. The minimum Gasteiger partial charge on any atom is -0.377 e. The van der Waals surface area contributed by atoms with Crippen molar-refractivity contribution in [2.45, 2.75) is 96.8 Å². The van der Waals surface area contributed by atoms with E-state index < -0.39 is 0 Å². The Morgan fingerprint density at radius 1 is 0.792 bits per heavy atom. The lowest BCUT2D eigenvalue weighted by Crippen LogP contribution is -2.26. The van der Waals surface area contributed by atoms with Crippen LogP contribution in [0.3, 0.4) is 0 Å². The van der Waals surface area contributed by atoms with Crippen molar-refractivity contribution in [1.82, 2.24) is 0 Å². The molecule has 1 nitrogen and oxygen atoms in total. The predicted molar refractivity (Wildman–Crippen MR) is 105 cm³/mol. The second-order valence-electron chi connectivity index (χ2n) is 8.56. The van der Waals surface area contributed by atoms with Crippen molar-refractivity contribution in [1.29, 1.82) is 0 Å². The van der Waals surface area contributed by atoms with Crippen LogP contribution >= 0.6 is 0 Å². The Labute approximate surface area is 151 Å². The van der Waals surface area contributed by atoms with Gasteiger partial charge in [-0.1, -0.05) is 70.8 Å². The van der Waals surface area contributed by atoms with Gasteiger partial charge in [-0.3, -0.25) is 0 Å². The lowest BCUT2D eigenvalue weighted by molar-refractivity contribution is 0.110. The monoisotopic (exact) mass is 334 g/mol. The van der Waals surface area contributed by atoms with Crippen molar-refractivity contribution < 1.29 is 4.74 Å². The van der Waals surface area contributed by atoms with Crippen LogP contribution in [0.15, 0.2) is 12.7 Å². The summed E-state index contributed by atoms with van der Waals surface area (Å²) in [7, 11) is 0. The number of ether oxygens (including phenoxy) is 1. The minimum absolute atomic E-state index is 0.719. The molecule has 2 aliphatic carbocycles. The van der Waals surface area contributed by atoms with Crippen LogP contribution in [0.25, 0.3) is 0 Å². The highest BCUT2D eigenvalue weighted by Crippen LogP contribution is 2.42. The van der Waals surface area contributed by atoms with Crippen molar-refractivity contribution in [2.75, 3.05) is 13.2 Å². The molecule has 2 saturated carbocycles. The van der Waals surface area contributed by atoms with Gasteiger partial charge in [0.15, 0.2) is 0 Å². The van der Waals surface area contributed by atoms with Gasteiger partial charge in [-0.25, -0.2) is 0 Å². The van der Waals surface area contributed by atoms with E-state index in [1.165, 1.54) is 89.9 Å². The minimum atomic E-state index is 0.719. The number of hydrogen-bond acceptors (Lipinski definition) is 1. The molecule has 0 spiro atoms. The summed E-state index contributed by atoms with van der Waals surface area (Å²) >= 11 is 0. The molecule has 0 aromatic rings. The fourth-order valence-corrected chi connectivity index (χ4v) is 5.17. The molecule has 1 heteroatoms. The van der Waals surface area contributed by atoms with Gasteiger partial charge < -0.3 is 4.74 Å². The van der Waals surface area contributed by atoms with Crippen LogP contribution in [0.1, 0.15) is 96.8 Å². The van der Waals surface area contributed by atoms with Gasteiger partial charge in [-0.05, 0) is 55.8 Å². The molecule has 0 saturated heterocycles. The van der Waals surface area contributed by atoms with E-state index in [-0.39, 0.29) is 0 Å². The highest BCUT2D eigenvalue weighted by molar-refractivity contribution is 4.82. The first kappa shape index (κ1) is 20.0. The molecular weight excluding hydrogens is 292 g/mol. The average Bonchev–Trinajstić information content (AvgIpc) is 2.64. The molecule has 0 aromatic heterocycles. The topological polar surface area (TPSA) is 9.23 Å². The first-order chi connectivity index (χ1) is 11.8. The van der Waals surface area contributed by atoms with Gasteiger partial charge in [0.25, 0.3) is 0 Å². The molecule has 2 fully saturated rings. The number of rotatable bonds is 11.